The van der Waals surface area contributed by atoms with Gasteiger partial charge < -0.3 is 14.8 Å². The Morgan fingerprint density at radius 3 is 2.30 bits per heavy atom. The molecule has 0 unspecified atom stereocenters. The molecule has 1 aliphatic rings. The van der Waals surface area contributed by atoms with E-state index in [2.05, 4.69) is 11.4 Å². The Morgan fingerprint density at radius 2 is 1.70 bits per heavy atom. The molecule has 2 aromatic carbocycles. The first-order valence-electron chi connectivity index (χ1n) is 9.26. The summed E-state index contributed by atoms with van der Waals surface area (Å²) in [6.45, 7) is 4.47. The molecule has 1 aliphatic carbocycles. The highest BCUT2D eigenvalue weighted by Crippen LogP contribution is 2.35. The lowest BCUT2D eigenvalue weighted by atomic mass is 10.1. The summed E-state index contributed by atoms with van der Waals surface area (Å²) in [4.78, 5) is 23.1. The van der Waals surface area contributed by atoms with Crippen LogP contribution in [0.2, 0.25) is 0 Å². The van der Waals surface area contributed by atoms with Gasteiger partial charge in [-0.2, -0.15) is 0 Å². The van der Waals surface area contributed by atoms with Crippen molar-refractivity contribution in [3.8, 4) is 5.75 Å². The number of rotatable bonds is 7. The zero-order valence-electron chi connectivity index (χ0n) is 15.8. The molecular weight excluding hydrogens is 342 g/mol. The molecule has 27 heavy (non-hydrogen) atoms. The van der Waals surface area contributed by atoms with Crippen LogP contribution in [0, 0.1) is 13.8 Å². The fourth-order valence-corrected chi connectivity index (χ4v) is 3.57. The lowest BCUT2D eigenvalue weighted by Gasteiger charge is -2.27. The minimum atomic E-state index is -0.844. The predicted octanol–water partition coefficient (Wildman–Crippen LogP) is 4.31. The van der Waals surface area contributed by atoms with Crippen molar-refractivity contribution in [1.82, 2.24) is 0 Å². The Hall–Kier alpha value is -2.82. The Balaban J connectivity index is 1.60. The van der Waals surface area contributed by atoms with Gasteiger partial charge in [0, 0.05) is 18.5 Å². The van der Waals surface area contributed by atoms with Gasteiger partial charge >= 0.3 is 0 Å². The van der Waals surface area contributed by atoms with Crippen LogP contribution in [0.4, 0.5) is 5.69 Å². The first-order valence-corrected chi connectivity index (χ1v) is 9.26. The van der Waals surface area contributed by atoms with E-state index in [1.807, 2.05) is 50.2 Å². The Kier molecular flexibility index (Phi) is 5.79. The van der Waals surface area contributed by atoms with E-state index >= 15 is 0 Å². The van der Waals surface area contributed by atoms with Gasteiger partial charge in [0.25, 0.3) is 12.3 Å². The molecule has 0 heterocycles. The molecule has 0 radical (unpaired) electrons. The van der Waals surface area contributed by atoms with E-state index in [9.17, 15) is 9.59 Å². The highest BCUT2D eigenvalue weighted by atomic mass is 16.7. The average Bonchev–Trinajstić information content (AvgIpc) is 3.04. The molecule has 0 saturated heterocycles. The minimum Gasteiger partial charge on any atom is -0.452 e. The van der Waals surface area contributed by atoms with Crippen LogP contribution in [-0.2, 0) is 20.7 Å². The van der Waals surface area contributed by atoms with Gasteiger partial charge in [-0.1, -0.05) is 18.2 Å². The van der Waals surface area contributed by atoms with E-state index in [0.29, 0.717) is 25.1 Å². The van der Waals surface area contributed by atoms with E-state index in [0.717, 1.165) is 35.2 Å². The first kappa shape index (κ1) is 19.0. The monoisotopic (exact) mass is 367 g/mol. The van der Waals surface area contributed by atoms with Gasteiger partial charge in [-0.25, -0.2) is 0 Å². The van der Waals surface area contributed by atoms with E-state index in [-0.39, 0.29) is 12.3 Å². The molecular formula is C22H25NO4. The predicted molar refractivity (Wildman–Crippen MR) is 104 cm³/mol. The number of hydrogen-bond acceptors (Lipinski definition) is 4. The third kappa shape index (κ3) is 5.09. The van der Waals surface area contributed by atoms with E-state index in [1.165, 1.54) is 0 Å². The van der Waals surface area contributed by atoms with Gasteiger partial charge in [0.15, 0.2) is 0 Å². The van der Waals surface area contributed by atoms with Crippen LogP contribution in [0.25, 0.3) is 0 Å². The summed E-state index contributed by atoms with van der Waals surface area (Å²) in [7, 11) is 0. The molecule has 5 nitrogen and oxygen atoms in total. The lowest BCUT2D eigenvalue weighted by molar-refractivity contribution is -0.181. The number of amides is 1. The number of hydrogen-bond donors (Lipinski definition) is 1. The van der Waals surface area contributed by atoms with Crippen LogP contribution in [0.3, 0.4) is 0 Å². The van der Waals surface area contributed by atoms with E-state index in [1.54, 1.807) is 0 Å². The van der Waals surface area contributed by atoms with Crippen molar-refractivity contribution in [1.29, 1.82) is 0 Å². The molecule has 1 saturated carbocycles. The van der Waals surface area contributed by atoms with Crippen LogP contribution in [-0.4, -0.2) is 18.2 Å². The Morgan fingerprint density at radius 1 is 1.07 bits per heavy atom. The van der Waals surface area contributed by atoms with Crippen molar-refractivity contribution in [2.24, 2.45) is 0 Å². The number of carbonyl (C=O) groups is 2. The van der Waals surface area contributed by atoms with E-state index in [4.69, 9.17) is 9.47 Å². The molecule has 0 aliphatic heterocycles. The summed E-state index contributed by atoms with van der Waals surface area (Å²) in [5, 5.41) is 2.94. The van der Waals surface area contributed by atoms with Gasteiger partial charge in [0.05, 0.1) is 6.42 Å². The van der Waals surface area contributed by atoms with Crippen molar-refractivity contribution in [3.63, 3.8) is 0 Å². The number of ether oxygens (including phenoxy) is 2. The second-order valence-electron chi connectivity index (χ2n) is 7.18. The second-order valence-corrected chi connectivity index (χ2v) is 7.18. The summed E-state index contributed by atoms with van der Waals surface area (Å²) in [5.74, 6) is -0.272. The molecule has 1 amide bonds. The van der Waals surface area contributed by atoms with Gasteiger partial charge in [0.1, 0.15) is 5.75 Å². The normalized spacial score (nSPS) is 15.2. The van der Waals surface area contributed by atoms with Crippen molar-refractivity contribution in [3.05, 3.63) is 59.2 Å². The van der Waals surface area contributed by atoms with Crippen LogP contribution < -0.4 is 10.1 Å². The van der Waals surface area contributed by atoms with Crippen molar-refractivity contribution in [2.45, 2.75) is 51.7 Å². The van der Waals surface area contributed by atoms with Crippen LogP contribution in [0.15, 0.2) is 42.5 Å². The van der Waals surface area contributed by atoms with Crippen LogP contribution in [0.1, 0.15) is 42.4 Å². The Bertz CT molecular complexity index is 787. The van der Waals surface area contributed by atoms with Gasteiger partial charge in [-0.15, -0.1) is 0 Å². The fraction of sp³-hybridized carbons (Fsp3) is 0.364. The summed E-state index contributed by atoms with van der Waals surface area (Å²) < 4.78 is 11.1. The third-order valence-corrected chi connectivity index (χ3v) is 4.73. The third-order valence-electron chi connectivity index (χ3n) is 4.73. The number of benzene rings is 2. The molecule has 0 spiro atoms. The molecule has 0 aromatic heterocycles. The SMILES string of the molecule is Cc1cc(C)cc(NC(=O)Cc2ccc(OC3(OC=O)CCCC3)cc2)c1. The molecule has 5 heteroatoms. The molecule has 2 aromatic rings. The number of anilines is 1. The first-order chi connectivity index (χ1) is 13.0. The van der Waals surface area contributed by atoms with Gasteiger partial charge in [-0.3, -0.25) is 9.59 Å². The summed E-state index contributed by atoms with van der Waals surface area (Å²) in [5.41, 5.74) is 3.93. The zero-order valence-corrected chi connectivity index (χ0v) is 15.8. The average molecular weight is 367 g/mol. The fourth-order valence-electron chi connectivity index (χ4n) is 3.57. The molecule has 0 atom stereocenters. The number of nitrogens with one attached hydrogen (secondary N) is 1. The van der Waals surface area contributed by atoms with Crippen molar-refractivity contribution in [2.75, 3.05) is 5.32 Å². The summed E-state index contributed by atoms with van der Waals surface area (Å²) in [6.07, 6.45) is 3.63. The topological polar surface area (TPSA) is 64.6 Å². The maximum absolute atomic E-state index is 12.3. The van der Waals surface area contributed by atoms with Crippen molar-refractivity contribution >= 4 is 18.1 Å². The summed E-state index contributed by atoms with van der Waals surface area (Å²) in [6, 6.07) is 13.3. The molecule has 1 N–H and O–H groups in total. The standard InChI is InChI=1S/C22H25NO4/c1-16-11-17(2)13-19(12-16)23-21(25)14-18-5-7-20(8-6-18)27-22(26-15-24)9-3-4-10-22/h5-8,11-13,15H,3-4,9-10,14H2,1-2H3,(H,23,25). The quantitative estimate of drug-likeness (QED) is 0.585. The molecule has 1 fully saturated rings. The van der Waals surface area contributed by atoms with Crippen molar-refractivity contribution < 1.29 is 19.1 Å². The largest absolute Gasteiger partial charge is 0.452 e. The van der Waals surface area contributed by atoms with E-state index < -0.39 is 5.79 Å². The Labute approximate surface area is 159 Å². The number of carbonyl (C=O) groups excluding carboxylic acids is 2. The lowest BCUT2D eigenvalue weighted by Crippen LogP contribution is -2.35. The maximum atomic E-state index is 12.3. The summed E-state index contributed by atoms with van der Waals surface area (Å²) >= 11 is 0. The second kappa shape index (κ2) is 8.25. The van der Waals surface area contributed by atoms with Gasteiger partial charge in [-0.05, 0) is 67.6 Å². The van der Waals surface area contributed by atoms with Crippen LogP contribution in [0.5, 0.6) is 5.75 Å². The zero-order chi connectivity index (χ0) is 19.3. The molecule has 142 valence electrons. The smallest absolute Gasteiger partial charge is 0.296 e. The maximum Gasteiger partial charge on any atom is 0.296 e. The molecule has 3 rings (SSSR count). The van der Waals surface area contributed by atoms with Gasteiger partial charge in [0.2, 0.25) is 5.91 Å². The minimum absolute atomic E-state index is 0.0646. The highest BCUT2D eigenvalue weighted by molar-refractivity contribution is 5.92. The highest BCUT2D eigenvalue weighted by Gasteiger charge is 2.38. The molecule has 0 bridgehead atoms. The van der Waals surface area contributed by atoms with Crippen LogP contribution >= 0.6 is 0 Å². The number of aryl methyl sites for hydroxylation is 2.